The van der Waals surface area contributed by atoms with E-state index in [1.807, 2.05) is 0 Å². The smallest absolute Gasteiger partial charge is 0.272 e. The van der Waals surface area contributed by atoms with E-state index in [-0.39, 0.29) is 18.1 Å². The Bertz CT molecular complexity index is 479. The number of carbonyl (C=O) groups excluding carboxylic acids is 1. The second kappa shape index (κ2) is 4.96. The molecule has 0 unspecified atom stereocenters. The molecule has 0 aliphatic rings. The molecular weight excluding hydrogens is 224 g/mol. The van der Waals surface area contributed by atoms with Gasteiger partial charge in [0.25, 0.3) is 5.91 Å². The first kappa shape index (κ1) is 10.9. The van der Waals surface area contributed by atoms with Crippen molar-refractivity contribution in [2.24, 2.45) is 0 Å². The molecule has 3 N–H and O–H groups in total. The van der Waals surface area contributed by atoms with E-state index in [0.717, 1.165) is 0 Å². The lowest BCUT2D eigenvalue weighted by molar-refractivity contribution is 0.0944. The molecule has 0 saturated carbocycles. The summed E-state index contributed by atoms with van der Waals surface area (Å²) in [5.74, 6) is 0.655. The number of tetrazole rings is 1. The van der Waals surface area contributed by atoms with Gasteiger partial charge < -0.3 is 10.6 Å². The van der Waals surface area contributed by atoms with Gasteiger partial charge in [-0.05, 0) is 12.1 Å². The third kappa shape index (κ3) is 2.71. The van der Waals surface area contributed by atoms with E-state index < -0.39 is 0 Å². The van der Waals surface area contributed by atoms with Crippen molar-refractivity contribution in [3.63, 3.8) is 0 Å². The second-order valence-corrected chi connectivity index (χ2v) is 3.06. The minimum Gasteiger partial charge on any atom is -0.372 e. The van der Waals surface area contributed by atoms with Gasteiger partial charge in [-0.25, -0.2) is 0 Å². The molecule has 0 fully saturated rings. The molecule has 2 aromatic rings. The number of nitrogens with one attached hydrogen (secondary N) is 3. The Labute approximate surface area is 96.0 Å². The van der Waals surface area contributed by atoms with Crippen molar-refractivity contribution in [3.8, 4) is 0 Å². The van der Waals surface area contributed by atoms with Crippen molar-refractivity contribution in [1.29, 1.82) is 0 Å². The minimum atomic E-state index is -0.343. The number of hydrogen-bond donors (Lipinski definition) is 3. The third-order valence-electron chi connectivity index (χ3n) is 1.95. The summed E-state index contributed by atoms with van der Waals surface area (Å²) in [6.45, 7) is 0.185. The highest BCUT2D eigenvalue weighted by Gasteiger charge is 2.08. The summed E-state index contributed by atoms with van der Waals surface area (Å²) in [6.07, 6.45) is 0. The van der Waals surface area contributed by atoms with Crippen molar-refractivity contribution in [2.75, 3.05) is 12.4 Å². The first-order valence-corrected chi connectivity index (χ1v) is 4.81. The van der Waals surface area contributed by atoms with Crippen molar-refractivity contribution < 1.29 is 4.79 Å². The van der Waals surface area contributed by atoms with E-state index in [4.69, 9.17) is 0 Å². The number of amides is 1. The Kier molecular flexibility index (Phi) is 3.19. The molecule has 2 aromatic heterocycles. The molecule has 0 aromatic carbocycles. The molecule has 0 saturated heterocycles. The standard InChI is InChI=1S/C8H10N8O/c1-9-6-3-2-5(11-12-6)8(17)10-4-7-13-15-16-14-7/h2-3H,4H2,1H3,(H,9,12)(H,10,17)(H,13,14,15,16). The predicted molar refractivity (Wildman–Crippen MR) is 56.9 cm³/mol. The molecule has 88 valence electrons. The number of hydrogen-bond acceptors (Lipinski definition) is 7. The van der Waals surface area contributed by atoms with Crippen LogP contribution in [0.25, 0.3) is 0 Å². The van der Waals surface area contributed by atoms with Crippen LogP contribution in [-0.4, -0.2) is 43.8 Å². The molecule has 2 rings (SSSR count). The third-order valence-corrected chi connectivity index (χ3v) is 1.95. The van der Waals surface area contributed by atoms with Crippen LogP contribution in [0.5, 0.6) is 0 Å². The number of H-pyrrole nitrogens is 1. The lowest BCUT2D eigenvalue weighted by Crippen LogP contribution is -2.24. The van der Waals surface area contributed by atoms with Gasteiger partial charge in [0.15, 0.2) is 11.5 Å². The Hall–Kier alpha value is -2.58. The van der Waals surface area contributed by atoms with E-state index in [0.29, 0.717) is 11.6 Å². The van der Waals surface area contributed by atoms with E-state index in [9.17, 15) is 4.79 Å². The molecule has 0 aliphatic carbocycles. The maximum absolute atomic E-state index is 11.6. The predicted octanol–water partition coefficient (Wildman–Crippen LogP) is -1.04. The summed E-state index contributed by atoms with van der Waals surface area (Å²) in [6, 6.07) is 3.24. The van der Waals surface area contributed by atoms with Crippen LogP contribution in [0.4, 0.5) is 5.82 Å². The highest BCUT2D eigenvalue weighted by molar-refractivity contribution is 5.92. The Balaban J connectivity index is 1.95. The normalized spacial score (nSPS) is 9.94. The maximum atomic E-state index is 11.6. The molecule has 0 atom stereocenters. The molecule has 2 heterocycles. The van der Waals surface area contributed by atoms with Gasteiger partial charge in [-0.3, -0.25) is 4.79 Å². The Morgan fingerprint density at radius 1 is 1.35 bits per heavy atom. The van der Waals surface area contributed by atoms with Crippen LogP contribution in [0.15, 0.2) is 12.1 Å². The largest absolute Gasteiger partial charge is 0.372 e. The van der Waals surface area contributed by atoms with Crippen molar-refractivity contribution >= 4 is 11.7 Å². The summed E-state index contributed by atoms with van der Waals surface area (Å²) in [5, 5.41) is 26.0. The minimum absolute atomic E-state index is 0.185. The fourth-order valence-electron chi connectivity index (χ4n) is 1.09. The fraction of sp³-hybridized carbons (Fsp3) is 0.250. The van der Waals surface area contributed by atoms with E-state index in [2.05, 4.69) is 41.5 Å². The van der Waals surface area contributed by atoms with E-state index in [1.54, 1.807) is 19.2 Å². The molecule has 1 amide bonds. The molecule has 9 heteroatoms. The monoisotopic (exact) mass is 234 g/mol. The second-order valence-electron chi connectivity index (χ2n) is 3.06. The quantitative estimate of drug-likeness (QED) is 0.617. The number of aromatic nitrogens is 6. The zero-order chi connectivity index (χ0) is 12.1. The summed E-state index contributed by atoms with van der Waals surface area (Å²) in [4.78, 5) is 11.6. The summed E-state index contributed by atoms with van der Waals surface area (Å²) in [7, 11) is 1.72. The zero-order valence-corrected chi connectivity index (χ0v) is 9.01. The zero-order valence-electron chi connectivity index (χ0n) is 9.01. The van der Waals surface area contributed by atoms with E-state index >= 15 is 0 Å². The highest BCUT2D eigenvalue weighted by Crippen LogP contribution is 2.00. The molecule has 9 nitrogen and oxygen atoms in total. The van der Waals surface area contributed by atoms with Crippen LogP contribution in [-0.2, 0) is 6.54 Å². The molecule has 17 heavy (non-hydrogen) atoms. The van der Waals surface area contributed by atoms with Crippen LogP contribution >= 0.6 is 0 Å². The summed E-state index contributed by atoms with van der Waals surface area (Å²) >= 11 is 0. The number of carbonyl (C=O) groups is 1. The van der Waals surface area contributed by atoms with Crippen LogP contribution in [0.3, 0.4) is 0 Å². The van der Waals surface area contributed by atoms with Gasteiger partial charge in [0, 0.05) is 7.05 Å². The van der Waals surface area contributed by atoms with Crippen LogP contribution in [0.2, 0.25) is 0 Å². The van der Waals surface area contributed by atoms with Gasteiger partial charge in [0.2, 0.25) is 0 Å². The Morgan fingerprint density at radius 2 is 2.24 bits per heavy atom. The van der Waals surface area contributed by atoms with Crippen LogP contribution < -0.4 is 10.6 Å². The maximum Gasteiger partial charge on any atom is 0.272 e. The van der Waals surface area contributed by atoms with Crippen molar-refractivity contribution in [1.82, 2.24) is 36.1 Å². The van der Waals surface area contributed by atoms with Crippen molar-refractivity contribution in [3.05, 3.63) is 23.7 Å². The first-order valence-electron chi connectivity index (χ1n) is 4.81. The molecule has 0 spiro atoms. The van der Waals surface area contributed by atoms with Gasteiger partial charge >= 0.3 is 0 Å². The summed E-state index contributed by atoms with van der Waals surface area (Å²) in [5.41, 5.74) is 0.229. The van der Waals surface area contributed by atoms with Gasteiger partial charge in [-0.15, -0.1) is 20.4 Å². The summed E-state index contributed by atoms with van der Waals surface area (Å²) < 4.78 is 0. The molecule has 0 aliphatic heterocycles. The average Bonchev–Trinajstić information content (AvgIpc) is 2.89. The number of aromatic amines is 1. The molecule has 0 radical (unpaired) electrons. The van der Waals surface area contributed by atoms with Gasteiger partial charge in [-0.1, -0.05) is 5.21 Å². The van der Waals surface area contributed by atoms with Gasteiger partial charge in [0.1, 0.15) is 5.82 Å². The lowest BCUT2D eigenvalue weighted by atomic mass is 10.3. The molecule has 0 bridgehead atoms. The topological polar surface area (TPSA) is 121 Å². The lowest BCUT2D eigenvalue weighted by Gasteiger charge is -2.02. The van der Waals surface area contributed by atoms with E-state index in [1.165, 1.54) is 0 Å². The number of nitrogens with zero attached hydrogens (tertiary/aromatic N) is 5. The first-order chi connectivity index (χ1) is 8.29. The number of anilines is 1. The molecular formula is C8H10N8O. The fourth-order valence-corrected chi connectivity index (χ4v) is 1.09. The average molecular weight is 234 g/mol. The van der Waals surface area contributed by atoms with Gasteiger partial charge in [0.05, 0.1) is 6.54 Å². The van der Waals surface area contributed by atoms with Gasteiger partial charge in [-0.2, -0.15) is 5.21 Å². The Morgan fingerprint density at radius 3 is 2.82 bits per heavy atom. The van der Waals surface area contributed by atoms with Crippen molar-refractivity contribution in [2.45, 2.75) is 6.54 Å². The number of rotatable bonds is 4. The SMILES string of the molecule is CNc1ccc(C(=O)NCc2nn[nH]n2)nn1. The van der Waals surface area contributed by atoms with Crippen LogP contribution in [0, 0.1) is 0 Å². The highest BCUT2D eigenvalue weighted by atomic mass is 16.1. The van der Waals surface area contributed by atoms with Crippen LogP contribution in [0.1, 0.15) is 16.3 Å².